The molecule has 7 nitrogen and oxygen atoms in total. The van der Waals surface area contributed by atoms with E-state index >= 15 is 0 Å². The van der Waals surface area contributed by atoms with Crippen LogP contribution in [0.25, 0.3) is 6.08 Å². The molecule has 1 aromatic rings. The number of thiocarbonyl (C=S) groups is 1. The highest BCUT2D eigenvalue weighted by atomic mass is 32.2. The minimum absolute atomic E-state index is 0.0199. The van der Waals surface area contributed by atoms with E-state index in [4.69, 9.17) is 17.0 Å². The maximum absolute atomic E-state index is 13.0. The zero-order valence-electron chi connectivity index (χ0n) is 16.8. The van der Waals surface area contributed by atoms with Crippen molar-refractivity contribution in [2.75, 3.05) is 31.1 Å². The molecule has 1 N–H and O–H groups in total. The average Bonchev–Trinajstić information content (AvgIpc) is 3.00. The number of hydrogen-bond donors (Lipinski definition) is 1. The normalized spacial score (nSPS) is 25.3. The number of nitrogens with zero attached hydrogens (tertiary/aromatic N) is 2. The first-order valence-electron chi connectivity index (χ1n) is 9.90. The van der Waals surface area contributed by atoms with Gasteiger partial charge in [0.1, 0.15) is 16.6 Å². The molecule has 0 bridgehead atoms. The number of rotatable bonds is 3. The van der Waals surface area contributed by atoms with Gasteiger partial charge in [0.25, 0.3) is 11.8 Å². The maximum atomic E-state index is 13.0. The Bertz CT molecular complexity index is 952. The molecule has 1 aromatic carbocycles. The predicted molar refractivity (Wildman–Crippen MR) is 120 cm³/mol. The van der Waals surface area contributed by atoms with Gasteiger partial charge in [-0.1, -0.05) is 43.9 Å². The van der Waals surface area contributed by atoms with Crippen LogP contribution in [0.3, 0.4) is 0 Å². The molecule has 0 radical (unpaired) electrons. The van der Waals surface area contributed by atoms with Crippen LogP contribution in [-0.2, 0) is 14.4 Å². The molecule has 3 aliphatic heterocycles. The summed E-state index contributed by atoms with van der Waals surface area (Å²) < 4.78 is 5.96. The van der Waals surface area contributed by atoms with Gasteiger partial charge in [0.2, 0.25) is 5.91 Å². The summed E-state index contributed by atoms with van der Waals surface area (Å²) in [6.45, 7) is 5.61. The SMILES string of the molecule is CC1CC(C)CN(C(=O)CN2C(=O)COc3ccc(/C=C4/SC(=S)NC4=O)cc32)C1. The Morgan fingerprint density at radius 1 is 1.30 bits per heavy atom. The first-order chi connectivity index (χ1) is 14.3. The summed E-state index contributed by atoms with van der Waals surface area (Å²) in [5, 5.41) is 2.58. The third-order valence-electron chi connectivity index (χ3n) is 5.38. The molecule has 2 unspecified atom stereocenters. The van der Waals surface area contributed by atoms with Crippen LogP contribution in [0, 0.1) is 11.8 Å². The topological polar surface area (TPSA) is 79.0 Å². The highest BCUT2D eigenvalue weighted by Crippen LogP contribution is 2.35. The lowest BCUT2D eigenvalue weighted by molar-refractivity contribution is -0.134. The van der Waals surface area contributed by atoms with Crippen LogP contribution in [0.2, 0.25) is 0 Å². The Balaban J connectivity index is 1.57. The van der Waals surface area contributed by atoms with Gasteiger partial charge in [0.15, 0.2) is 6.61 Å². The smallest absolute Gasteiger partial charge is 0.265 e. The van der Waals surface area contributed by atoms with Crippen molar-refractivity contribution in [2.24, 2.45) is 11.8 Å². The zero-order valence-corrected chi connectivity index (χ0v) is 18.5. The van der Waals surface area contributed by atoms with Gasteiger partial charge in [-0.05, 0) is 42.0 Å². The maximum Gasteiger partial charge on any atom is 0.265 e. The summed E-state index contributed by atoms with van der Waals surface area (Å²) in [6.07, 6.45) is 2.82. The summed E-state index contributed by atoms with van der Waals surface area (Å²) in [5.74, 6) is 0.885. The second-order valence-electron chi connectivity index (χ2n) is 8.09. The van der Waals surface area contributed by atoms with E-state index in [0.29, 0.717) is 45.6 Å². The molecule has 4 rings (SSSR count). The van der Waals surface area contributed by atoms with Crippen molar-refractivity contribution in [1.29, 1.82) is 0 Å². The summed E-state index contributed by atoms with van der Waals surface area (Å²) in [6, 6.07) is 5.33. The Labute approximate surface area is 184 Å². The van der Waals surface area contributed by atoms with E-state index in [1.54, 1.807) is 18.2 Å². The molecule has 3 heterocycles. The van der Waals surface area contributed by atoms with Crippen LogP contribution in [0.5, 0.6) is 5.75 Å². The largest absolute Gasteiger partial charge is 0.482 e. The van der Waals surface area contributed by atoms with Crippen molar-refractivity contribution < 1.29 is 19.1 Å². The molecule has 0 aromatic heterocycles. The van der Waals surface area contributed by atoms with E-state index in [1.165, 1.54) is 16.7 Å². The van der Waals surface area contributed by atoms with Gasteiger partial charge in [0, 0.05) is 13.1 Å². The van der Waals surface area contributed by atoms with Crippen molar-refractivity contribution >= 4 is 57.8 Å². The van der Waals surface area contributed by atoms with Gasteiger partial charge >= 0.3 is 0 Å². The van der Waals surface area contributed by atoms with E-state index < -0.39 is 0 Å². The second-order valence-corrected chi connectivity index (χ2v) is 9.81. The third kappa shape index (κ3) is 4.37. The number of anilines is 1. The Hall–Kier alpha value is -2.39. The fraction of sp³-hybridized carbons (Fsp3) is 0.429. The number of piperidine rings is 1. The number of likely N-dealkylation sites (tertiary alicyclic amines) is 1. The number of carbonyl (C=O) groups excluding carboxylic acids is 3. The quantitative estimate of drug-likeness (QED) is 0.569. The monoisotopic (exact) mass is 445 g/mol. The Morgan fingerprint density at radius 2 is 2.03 bits per heavy atom. The molecule has 158 valence electrons. The van der Waals surface area contributed by atoms with E-state index in [9.17, 15) is 14.4 Å². The lowest BCUT2D eigenvalue weighted by Gasteiger charge is -2.37. The molecular formula is C21H23N3O4S2. The first kappa shape index (κ1) is 20.9. The molecule has 9 heteroatoms. The molecule has 2 saturated heterocycles. The van der Waals surface area contributed by atoms with Crippen LogP contribution < -0.4 is 15.0 Å². The number of ether oxygens (including phenoxy) is 1. The molecule has 0 aliphatic carbocycles. The lowest BCUT2D eigenvalue weighted by Crippen LogP contribution is -2.50. The number of fused-ring (bicyclic) bond motifs is 1. The molecular weight excluding hydrogens is 422 g/mol. The summed E-state index contributed by atoms with van der Waals surface area (Å²) in [4.78, 5) is 41.3. The number of benzene rings is 1. The van der Waals surface area contributed by atoms with E-state index in [-0.39, 0.29) is 30.9 Å². The first-order valence-corrected chi connectivity index (χ1v) is 11.1. The summed E-state index contributed by atoms with van der Waals surface area (Å²) >= 11 is 6.22. The minimum Gasteiger partial charge on any atom is -0.482 e. The third-order valence-corrected chi connectivity index (χ3v) is 6.54. The fourth-order valence-electron chi connectivity index (χ4n) is 4.16. The van der Waals surface area contributed by atoms with Gasteiger partial charge in [-0.2, -0.15) is 0 Å². The van der Waals surface area contributed by atoms with Gasteiger partial charge in [-0.15, -0.1) is 0 Å². The van der Waals surface area contributed by atoms with Gasteiger partial charge in [-0.3, -0.25) is 19.3 Å². The Morgan fingerprint density at radius 3 is 2.70 bits per heavy atom. The summed E-state index contributed by atoms with van der Waals surface area (Å²) in [5.41, 5.74) is 1.27. The van der Waals surface area contributed by atoms with Crippen LogP contribution in [0.15, 0.2) is 23.1 Å². The standard InChI is InChI=1S/C21H23N3O4S2/c1-12-5-13(2)9-23(8-12)18(25)10-24-15-6-14(3-4-16(15)28-11-19(24)26)7-17-20(27)22-21(29)30-17/h3-4,6-7,12-13H,5,8-11H2,1-2H3,(H,22,27,29)/b17-7+. The average molecular weight is 446 g/mol. The second kappa shape index (κ2) is 8.39. The number of nitrogens with one attached hydrogen (secondary N) is 1. The van der Waals surface area contributed by atoms with Crippen LogP contribution >= 0.6 is 24.0 Å². The van der Waals surface area contributed by atoms with Crippen molar-refractivity contribution in [2.45, 2.75) is 20.3 Å². The zero-order chi connectivity index (χ0) is 21.4. The highest BCUT2D eigenvalue weighted by Gasteiger charge is 2.32. The van der Waals surface area contributed by atoms with Crippen molar-refractivity contribution in [3.8, 4) is 5.75 Å². The van der Waals surface area contributed by atoms with Gasteiger partial charge in [-0.25, -0.2) is 0 Å². The van der Waals surface area contributed by atoms with Gasteiger partial charge < -0.3 is 15.0 Å². The molecule has 0 saturated carbocycles. The predicted octanol–water partition coefficient (Wildman–Crippen LogP) is 2.41. The molecule has 2 atom stereocenters. The number of amides is 3. The van der Waals surface area contributed by atoms with Crippen molar-refractivity contribution in [3.63, 3.8) is 0 Å². The van der Waals surface area contributed by atoms with Crippen LogP contribution in [0.4, 0.5) is 5.69 Å². The van der Waals surface area contributed by atoms with Crippen LogP contribution in [0.1, 0.15) is 25.8 Å². The number of thioether (sulfide) groups is 1. The fourth-order valence-corrected chi connectivity index (χ4v) is 5.20. The highest BCUT2D eigenvalue weighted by molar-refractivity contribution is 8.26. The molecule has 30 heavy (non-hydrogen) atoms. The lowest BCUT2D eigenvalue weighted by atomic mass is 9.92. The summed E-state index contributed by atoms with van der Waals surface area (Å²) in [7, 11) is 0. The number of hydrogen-bond acceptors (Lipinski definition) is 6. The Kier molecular flexibility index (Phi) is 5.84. The van der Waals surface area contributed by atoms with E-state index in [2.05, 4.69) is 19.2 Å². The van der Waals surface area contributed by atoms with Crippen LogP contribution in [-0.4, -0.2) is 53.2 Å². The van der Waals surface area contributed by atoms with Crippen molar-refractivity contribution in [1.82, 2.24) is 10.2 Å². The molecule has 2 fully saturated rings. The number of carbonyl (C=O) groups is 3. The molecule has 3 amide bonds. The van der Waals surface area contributed by atoms with E-state index in [0.717, 1.165) is 12.0 Å². The molecule has 3 aliphatic rings. The minimum atomic E-state index is -0.257. The van der Waals surface area contributed by atoms with Gasteiger partial charge in [0.05, 0.1) is 10.6 Å². The van der Waals surface area contributed by atoms with E-state index in [1.807, 2.05) is 11.0 Å². The van der Waals surface area contributed by atoms with Crippen molar-refractivity contribution in [3.05, 3.63) is 28.7 Å². The molecule has 0 spiro atoms.